The topological polar surface area (TPSA) is 102 Å². The van der Waals surface area contributed by atoms with Gasteiger partial charge in [0.2, 0.25) is 0 Å². The third-order valence-electron chi connectivity index (χ3n) is 8.26. The number of hydrogen-bond acceptors (Lipinski definition) is 7. The number of benzene rings is 2. The Balaban J connectivity index is 1.61. The highest BCUT2D eigenvalue weighted by atomic mass is 16.5. The van der Waals surface area contributed by atoms with Crippen molar-refractivity contribution in [2.75, 3.05) is 51.3 Å². The van der Waals surface area contributed by atoms with Crippen molar-refractivity contribution >= 4 is 28.1 Å². The first-order valence-electron chi connectivity index (χ1n) is 14.7. The van der Waals surface area contributed by atoms with Crippen molar-refractivity contribution in [3.8, 4) is 16.9 Å². The number of fused-ring (bicyclic) bond motifs is 1. The van der Waals surface area contributed by atoms with Crippen LogP contribution in [0.5, 0.6) is 5.75 Å². The largest absolute Gasteiger partial charge is 0.493 e. The number of carbonyl (C=O) groups is 1. The van der Waals surface area contributed by atoms with Crippen LogP contribution in [0.15, 0.2) is 41.2 Å². The zero-order chi connectivity index (χ0) is 29.6. The summed E-state index contributed by atoms with van der Waals surface area (Å²) in [6.07, 6.45) is 1.80. The number of aliphatic carboxylic acids is 1. The molecule has 3 aliphatic heterocycles. The van der Waals surface area contributed by atoms with Crippen LogP contribution >= 0.6 is 0 Å². The lowest BCUT2D eigenvalue weighted by Gasteiger charge is -2.32. The second-order valence-corrected chi connectivity index (χ2v) is 12.2. The standard InChI is InChI=1S/C33H39N3O6/c1-20-19-24-22(6-8-26(37)36(24)13-12-35-14-17-40-18-15-35)29(27(20)31(32(38)39)42-33(2,3)4)23-5-7-25-28-21(10-16-41-25)9-11-34-30(23)28/h5-9,19,31,34H,10-18H2,1-4H3,(H,38,39)/t31-/m0/s1. The van der Waals surface area contributed by atoms with E-state index in [9.17, 15) is 14.7 Å². The van der Waals surface area contributed by atoms with Gasteiger partial charge in [0.25, 0.3) is 5.56 Å². The monoisotopic (exact) mass is 573 g/mol. The molecule has 222 valence electrons. The normalized spacial score (nSPS) is 17.7. The fourth-order valence-corrected chi connectivity index (χ4v) is 6.39. The minimum atomic E-state index is -1.21. The smallest absolute Gasteiger partial charge is 0.337 e. The number of rotatable bonds is 7. The number of hydrogen-bond donors (Lipinski definition) is 2. The molecule has 1 aromatic heterocycles. The van der Waals surface area contributed by atoms with Crippen LogP contribution in [-0.2, 0) is 20.8 Å². The number of morpholine rings is 1. The molecule has 3 aromatic rings. The summed E-state index contributed by atoms with van der Waals surface area (Å²) in [6.45, 7) is 13.1. The number of ether oxygens (including phenoxy) is 3. The molecule has 0 aliphatic carbocycles. The number of aromatic nitrogens is 1. The third-order valence-corrected chi connectivity index (χ3v) is 8.26. The number of aryl methyl sites for hydroxylation is 1. The zero-order valence-corrected chi connectivity index (χ0v) is 24.8. The van der Waals surface area contributed by atoms with E-state index in [-0.39, 0.29) is 5.56 Å². The Morgan fingerprint density at radius 1 is 1.10 bits per heavy atom. The number of anilines is 1. The van der Waals surface area contributed by atoms with Crippen LogP contribution in [0.2, 0.25) is 0 Å². The first-order chi connectivity index (χ1) is 20.1. The summed E-state index contributed by atoms with van der Waals surface area (Å²) in [6, 6.07) is 9.35. The van der Waals surface area contributed by atoms with Crippen LogP contribution in [0.3, 0.4) is 0 Å². The van der Waals surface area contributed by atoms with Crippen molar-refractivity contribution in [2.24, 2.45) is 0 Å². The Bertz CT molecular complexity index is 1630. The van der Waals surface area contributed by atoms with Gasteiger partial charge in [-0.15, -0.1) is 0 Å². The lowest BCUT2D eigenvalue weighted by Crippen LogP contribution is -2.39. The summed E-state index contributed by atoms with van der Waals surface area (Å²) in [5.41, 5.74) is 6.14. The lowest BCUT2D eigenvalue weighted by molar-refractivity contribution is -0.160. The molecule has 3 aliphatic rings. The van der Waals surface area contributed by atoms with Gasteiger partial charge < -0.3 is 29.2 Å². The maximum absolute atomic E-state index is 13.3. The van der Waals surface area contributed by atoms with Gasteiger partial charge in [-0.25, -0.2) is 4.79 Å². The highest BCUT2D eigenvalue weighted by Gasteiger charge is 2.34. The molecule has 0 spiro atoms. The molecule has 0 radical (unpaired) electrons. The van der Waals surface area contributed by atoms with E-state index in [2.05, 4.69) is 16.3 Å². The molecular weight excluding hydrogens is 534 g/mol. The minimum absolute atomic E-state index is 0.0851. The van der Waals surface area contributed by atoms with E-state index in [1.165, 1.54) is 5.57 Å². The Hall–Kier alpha value is -3.66. The van der Waals surface area contributed by atoms with E-state index in [1.54, 1.807) is 6.07 Å². The maximum Gasteiger partial charge on any atom is 0.337 e. The van der Waals surface area contributed by atoms with Gasteiger partial charge in [-0.05, 0) is 68.7 Å². The predicted octanol–water partition coefficient (Wildman–Crippen LogP) is 4.84. The van der Waals surface area contributed by atoms with Crippen molar-refractivity contribution < 1.29 is 24.1 Å². The average Bonchev–Trinajstić information content (AvgIpc) is 2.96. The second-order valence-electron chi connectivity index (χ2n) is 12.2. The van der Waals surface area contributed by atoms with Gasteiger partial charge in [0, 0.05) is 67.3 Å². The number of carboxylic acid groups (broad SMARTS) is 1. The molecule has 9 nitrogen and oxygen atoms in total. The van der Waals surface area contributed by atoms with Gasteiger partial charge in [0.05, 0.1) is 36.6 Å². The van der Waals surface area contributed by atoms with Crippen LogP contribution < -0.4 is 15.6 Å². The summed E-state index contributed by atoms with van der Waals surface area (Å²) >= 11 is 0. The quantitative estimate of drug-likeness (QED) is 0.414. The van der Waals surface area contributed by atoms with E-state index in [1.807, 2.05) is 56.5 Å². The van der Waals surface area contributed by atoms with Gasteiger partial charge in [0.1, 0.15) is 5.75 Å². The number of pyridine rings is 1. The Labute approximate surface area is 245 Å². The number of carboxylic acids is 1. The summed E-state index contributed by atoms with van der Waals surface area (Å²) in [7, 11) is 0. The van der Waals surface area contributed by atoms with Gasteiger partial charge in [-0.2, -0.15) is 0 Å². The molecule has 0 unspecified atom stereocenters. The van der Waals surface area contributed by atoms with Gasteiger partial charge >= 0.3 is 5.97 Å². The van der Waals surface area contributed by atoms with Crippen molar-refractivity contribution in [2.45, 2.75) is 52.4 Å². The molecule has 1 fully saturated rings. The minimum Gasteiger partial charge on any atom is -0.493 e. The molecule has 0 saturated carbocycles. The molecule has 2 N–H and O–H groups in total. The lowest BCUT2D eigenvalue weighted by atomic mass is 9.84. The molecular formula is C33H39N3O6. The van der Waals surface area contributed by atoms with E-state index in [4.69, 9.17) is 14.2 Å². The molecule has 6 rings (SSSR count). The van der Waals surface area contributed by atoms with Crippen molar-refractivity contribution in [3.05, 3.63) is 63.5 Å². The third kappa shape index (κ3) is 5.32. The number of nitrogens with zero attached hydrogens (tertiary/aromatic N) is 2. The van der Waals surface area contributed by atoms with E-state index < -0.39 is 17.7 Å². The first-order valence-corrected chi connectivity index (χ1v) is 14.7. The van der Waals surface area contributed by atoms with Crippen LogP contribution in [0.25, 0.3) is 27.6 Å². The van der Waals surface area contributed by atoms with Gasteiger partial charge in [-0.1, -0.05) is 6.08 Å². The highest BCUT2D eigenvalue weighted by molar-refractivity contribution is 6.05. The summed E-state index contributed by atoms with van der Waals surface area (Å²) < 4.78 is 19.6. The van der Waals surface area contributed by atoms with Crippen LogP contribution in [0.4, 0.5) is 5.69 Å². The van der Waals surface area contributed by atoms with Crippen LogP contribution in [0.1, 0.15) is 50.0 Å². The van der Waals surface area contributed by atoms with Crippen molar-refractivity contribution in [1.29, 1.82) is 0 Å². The Kier molecular flexibility index (Phi) is 7.59. The second kappa shape index (κ2) is 11.2. The first kappa shape index (κ1) is 28.5. The molecule has 1 atom stereocenters. The van der Waals surface area contributed by atoms with Gasteiger partial charge in [-0.3, -0.25) is 9.69 Å². The average molecular weight is 574 g/mol. The van der Waals surface area contributed by atoms with Crippen LogP contribution in [0, 0.1) is 6.92 Å². The molecule has 0 amide bonds. The summed E-state index contributed by atoms with van der Waals surface area (Å²) in [5, 5.41) is 14.9. The fraction of sp³-hybridized carbons (Fsp3) is 0.455. The molecule has 9 heteroatoms. The summed E-state index contributed by atoms with van der Waals surface area (Å²) in [5.74, 6) is -0.238. The highest BCUT2D eigenvalue weighted by Crippen LogP contribution is 2.49. The van der Waals surface area contributed by atoms with E-state index in [0.29, 0.717) is 38.5 Å². The predicted molar refractivity (Wildman–Crippen MR) is 163 cm³/mol. The fourth-order valence-electron chi connectivity index (χ4n) is 6.39. The SMILES string of the molecule is Cc1cc2c(ccc(=O)n2CCN2CCOCC2)c(-c2ccc3c4c2NCC=C4CCO3)c1[C@H](OC(C)(C)C)C(=O)O. The Morgan fingerprint density at radius 3 is 2.62 bits per heavy atom. The van der Waals surface area contributed by atoms with E-state index >= 15 is 0 Å². The van der Waals surface area contributed by atoms with Crippen LogP contribution in [-0.4, -0.2) is 72.1 Å². The molecule has 2 aromatic carbocycles. The van der Waals surface area contributed by atoms with Crippen molar-refractivity contribution in [3.63, 3.8) is 0 Å². The van der Waals surface area contributed by atoms with Gasteiger partial charge in [0.15, 0.2) is 6.10 Å². The van der Waals surface area contributed by atoms with E-state index in [0.717, 1.165) is 70.6 Å². The summed E-state index contributed by atoms with van der Waals surface area (Å²) in [4.78, 5) is 28.5. The molecule has 42 heavy (non-hydrogen) atoms. The molecule has 0 bridgehead atoms. The molecule has 1 saturated heterocycles. The molecule has 4 heterocycles. The number of nitrogens with one attached hydrogen (secondary N) is 1. The van der Waals surface area contributed by atoms with Crippen molar-refractivity contribution in [1.82, 2.24) is 9.47 Å². The Morgan fingerprint density at radius 2 is 1.88 bits per heavy atom. The zero-order valence-electron chi connectivity index (χ0n) is 24.8. The maximum atomic E-state index is 13.3.